The number of ether oxygens (including phenoxy) is 1. The zero-order valence-electron chi connectivity index (χ0n) is 13.7. The molecule has 132 valence electrons. The number of carbonyl (C=O) groups excluding carboxylic acids is 1. The molecule has 7 nitrogen and oxygen atoms in total. The number of aromatic nitrogens is 1. The Morgan fingerprint density at radius 2 is 2.32 bits per heavy atom. The number of aliphatic hydroxyl groups excluding tert-OH is 1. The largest absolute Gasteiger partial charge is 0.390 e. The molecule has 3 aliphatic rings. The Labute approximate surface area is 149 Å². The second kappa shape index (κ2) is 5.95. The van der Waals surface area contributed by atoms with Crippen molar-refractivity contribution in [3.05, 3.63) is 24.0 Å². The molecule has 0 aromatic carbocycles. The third kappa shape index (κ3) is 2.46. The highest BCUT2D eigenvalue weighted by Gasteiger charge is 2.64. The summed E-state index contributed by atoms with van der Waals surface area (Å²) < 4.78 is 5.86. The highest BCUT2D eigenvalue weighted by molar-refractivity contribution is 8.01. The lowest BCUT2D eigenvalue weighted by Gasteiger charge is -2.45. The van der Waals surface area contributed by atoms with E-state index in [1.54, 1.807) is 12.1 Å². The number of hydrogen-bond donors (Lipinski definition) is 2. The van der Waals surface area contributed by atoms with Crippen molar-refractivity contribution in [2.24, 2.45) is 5.92 Å². The molecule has 0 radical (unpaired) electrons. The van der Waals surface area contributed by atoms with Crippen LogP contribution in [0.1, 0.15) is 25.5 Å². The van der Waals surface area contributed by atoms with Gasteiger partial charge >= 0.3 is 0 Å². The van der Waals surface area contributed by atoms with Crippen LogP contribution in [0.5, 0.6) is 0 Å². The quantitative estimate of drug-likeness (QED) is 0.756. The van der Waals surface area contributed by atoms with E-state index in [0.29, 0.717) is 18.5 Å². The van der Waals surface area contributed by atoms with Gasteiger partial charge in [-0.05, 0) is 18.6 Å². The van der Waals surface area contributed by atoms with E-state index in [0.717, 1.165) is 0 Å². The molecule has 1 aromatic heterocycles. The van der Waals surface area contributed by atoms with Gasteiger partial charge in [0.2, 0.25) is 5.91 Å². The van der Waals surface area contributed by atoms with Crippen LogP contribution < -0.4 is 4.90 Å². The Bertz CT molecular complexity index is 736. The fourth-order valence-electron chi connectivity index (χ4n) is 4.15. The van der Waals surface area contributed by atoms with Gasteiger partial charge in [0, 0.05) is 11.7 Å². The maximum absolute atomic E-state index is 13.1. The summed E-state index contributed by atoms with van der Waals surface area (Å²) in [7, 11) is 0. The highest BCUT2D eigenvalue weighted by Crippen LogP contribution is 2.51. The van der Waals surface area contributed by atoms with Crippen molar-refractivity contribution < 1.29 is 19.7 Å². The lowest BCUT2D eigenvalue weighted by atomic mass is 9.75. The van der Waals surface area contributed by atoms with Crippen LogP contribution in [0.2, 0.25) is 0 Å². The number of pyridine rings is 1. The first-order valence-electron chi connectivity index (χ1n) is 8.32. The normalized spacial score (nSPS) is 40.3. The van der Waals surface area contributed by atoms with Crippen molar-refractivity contribution in [3.8, 4) is 6.07 Å². The lowest BCUT2D eigenvalue weighted by molar-refractivity contribution is -0.186. The van der Waals surface area contributed by atoms with Crippen LogP contribution in [0.4, 0.5) is 5.69 Å². The van der Waals surface area contributed by atoms with Crippen molar-refractivity contribution in [1.29, 1.82) is 5.26 Å². The second-order valence-corrected chi connectivity index (χ2v) is 8.45. The summed E-state index contributed by atoms with van der Waals surface area (Å²) in [6.07, 6.45) is 0.712. The molecule has 2 N–H and O–H groups in total. The molecule has 1 aromatic rings. The number of aliphatic hydroxyl groups is 2. The Balaban J connectivity index is 1.77. The summed E-state index contributed by atoms with van der Waals surface area (Å²) in [5.74, 6) is -0.651. The summed E-state index contributed by atoms with van der Waals surface area (Å²) in [5, 5.41) is 30.3. The highest BCUT2D eigenvalue weighted by atomic mass is 32.2. The topological polar surface area (TPSA) is 107 Å². The lowest BCUT2D eigenvalue weighted by Crippen LogP contribution is -2.59. The summed E-state index contributed by atoms with van der Waals surface area (Å²) in [5.41, 5.74) is -0.534. The zero-order valence-corrected chi connectivity index (χ0v) is 14.5. The van der Waals surface area contributed by atoms with E-state index in [1.807, 2.05) is 13.0 Å². The molecule has 0 aliphatic carbocycles. The molecule has 3 fully saturated rings. The van der Waals surface area contributed by atoms with Crippen LogP contribution in [-0.2, 0) is 9.53 Å². The number of nitrogens with zero attached hydrogens (tertiary/aromatic N) is 3. The van der Waals surface area contributed by atoms with Crippen LogP contribution in [0.25, 0.3) is 0 Å². The first-order valence-corrected chi connectivity index (χ1v) is 9.26. The number of amides is 1. The standard InChI is InChI=1S/C17H19N3O4S/c1-9-6-12(21)17(23)4-5-24-16-13(17)14(25-9)15(22)20(16)11-3-2-10(7-18)19-8-11/h2-3,8-9,12-14,16,21,23H,4-6H2,1H3/t9?,12?,13-,14+,16?,17?/m0/s1. The predicted octanol–water partition coefficient (Wildman–Crippen LogP) is 0.648. The molecular weight excluding hydrogens is 342 g/mol. The first kappa shape index (κ1) is 16.8. The SMILES string of the molecule is CC1CC(O)C2(O)CCOC3[C@@H]2[C@@H](S1)C(=O)N3c1ccc(C#N)nc1. The Kier molecular flexibility index (Phi) is 4.00. The first-order chi connectivity index (χ1) is 12.0. The second-order valence-electron chi connectivity index (χ2n) is 6.87. The molecule has 0 bridgehead atoms. The smallest absolute Gasteiger partial charge is 0.242 e. The Morgan fingerprint density at radius 1 is 1.52 bits per heavy atom. The fraction of sp³-hybridized carbons (Fsp3) is 0.588. The molecule has 3 saturated heterocycles. The van der Waals surface area contributed by atoms with Gasteiger partial charge in [-0.2, -0.15) is 5.26 Å². The van der Waals surface area contributed by atoms with Gasteiger partial charge in [-0.1, -0.05) is 6.92 Å². The van der Waals surface area contributed by atoms with Crippen LogP contribution in [0.15, 0.2) is 18.3 Å². The molecule has 8 heteroatoms. The van der Waals surface area contributed by atoms with E-state index >= 15 is 0 Å². The maximum atomic E-state index is 13.1. The number of nitriles is 1. The van der Waals surface area contributed by atoms with Gasteiger partial charge in [0.15, 0.2) is 0 Å². The third-order valence-electron chi connectivity index (χ3n) is 5.39. The number of rotatable bonds is 1. The van der Waals surface area contributed by atoms with E-state index in [9.17, 15) is 15.0 Å². The molecule has 4 unspecified atom stereocenters. The van der Waals surface area contributed by atoms with Crippen molar-refractivity contribution in [2.45, 2.75) is 48.2 Å². The summed E-state index contributed by atoms with van der Waals surface area (Å²) >= 11 is 1.49. The van der Waals surface area contributed by atoms with Gasteiger partial charge < -0.3 is 14.9 Å². The van der Waals surface area contributed by atoms with Gasteiger partial charge in [0.1, 0.15) is 23.6 Å². The molecule has 6 atom stereocenters. The monoisotopic (exact) mass is 361 g/mol. The Morgan fingerprint density at radius 3 is 3.00 bits per heavy atom. The summed E-state index contributed by atoms with van der Waals surface area (Å²) in [6.45, 7) is 2.23. The minimum atomic E-state index is -1.34. The predicted molar refractivity (Wildman–Crippen MR) is 90.7 cm³/mol. The minimum Gasteiger partial charge on any atom is -0.390 e. The van der Waals surface area contributed by atoms with Crippen LogP contribution >= 0.6 is 11.8 Å². The molecule has 4 rings (SSSR count). The van der Waals surface area contributed by atoms with E-state index in [-0.39, 0.29) is 23.5 Å². The molecule has 25 heavy (non-hydrogen) atoms. The van der Waals surface area contributed by atoms with Crippen LogP contribution in [-0.4, -0.2) is 56.1 Å². The Hall–Kier alpha value is -1.66. The average molecular weight is 361 g/mol. The van der Waals surface area contributed by atoms with Crippen molar-refractivity contribution >= 4 is 23.4 Å². The van der Waals surface area contributed by atoms with E-state index in [4.69, 9.17) is 10.00 Å². The number of thioether (sulfide) groups is 1. The van der Waals surface area contributed by atoms with Gasteiger partial charge in [0.25, 0.3) is 0 Å². The average Bonchev–Trinajstić information content (AvgIpc) is 2.82. The zero-order chi connectivity index (χ0) is 17.8. The summed E-state index contributed by atoms with van der Waals surface area (Å²) in [4.78, 5) is 18.7. The van der Waals surface area contributed by atoms with Gasteiger partial charge in [-0.25, -0.2) is 4.98 Å². The molecule has 1 amide bonds. The van der Waals surface area contributed by atoms with Gasteiger partial charge in [-0.15, -0.1) is 11.8 Å². The number of carbonyl (C=O) groups is 1. The van der Waals surface area contributed by atoms with Gasteiger partial charge in [0.05, 0.1) is 35.8 Å². The maximum Gasteiger partial charge on any atom is 0.242 e. The number of anilines is 1. The third-order valence-corrected chi connectivity index (χ3v) is 6.83. The minimum absolute atomic E-state index is 0.0539. The molecule has 3 aliphatic heterocycles. The molecule has 4 heterocycles. The fourth-order valence-corrected chi connectivity index (χ4v) is 5.71. The van der Waals surface area contributed by atoms with E-state index in [1.165, 1.54) is 22.9 Å². The molecule has 0 saturated carbocycles. The van der Waals surface area contributed by atoms with Gasteiger partial charge in [-0.3, -0.25) is 9.69 Å². The van der Waals surface area contributed by atoms with Crippen LogP contribution in [0.3, 0.4) is 0 Å². The van der Waals surface area contributed by atoms with E-state index in [2.05, 4.69) is 4.98 Å². The van der Waals surface area contributed by atoms with E-state index < -0.39 is 29.1 Å². The van der Waals surface area contributed by atoms with Crippen LogP contribution in [0, 0.1) is 17.2 Å². The van der Waals surface area contributed by atoms with Crippen molar-refractivity contribution in [2.75, 3.05) is 11.5 Å². The van der Waals surface area contributed by atoms with Crippen molar-refractivity contribution in [3.63, 3.8) is 0 Å². The van der Waals surface area contributed by atoms with Crippen molar-refractivity contribution in [1.82, 2.24) is 4.98 Å². The molecule has 0 spiro atoms. The molecular formula is C17H19N3O4S. The number of hydrogen-bond acceptors (Lipinski definition) is 7. The summed E-state index contributed by atoms with van der Waals surface area (Å²) in [6, 6.07) is 5.17.